The molecule has 0 aliphatic heterocycles. The van der Waals surface area contributed by atoms with Gasteiger partial charge in [0, 0.05) is 6.20 Å². The van der Waals surface area contributed by atoms with E-state index < -0.39 is 0 Å². The molecule has 0 aromatic carbocycles. The molecular formula is C11H6Cl2N4. The molecule has 4 nitrogen and oxygen atoms in total. The van der Waals surface area contributed by atoms with Crippen molar-refractivity contribution in [2.45, 2.75) is 0 Å². The molecule has 3 aromatic heterocycles. The Bertz CT molecular complexity index is 660. The van der Waals surface area contributed by atoms with Gasteiger partial charge in [0.05, 0.1) is 16.7 Å². The van der Waals surface area contributed by atoms with Crippen molar-refractivity contribution < 1.29 is 0 Å². The lowest BCUT2D eigenvalue weighted by Crippen LogP contribution is -1.90. The van der Waals surface area contributed by atoms with Crippen LogP contribution < -0.4 is 0 Å². The molecule has 6 heteroatoms. The summed E-state index contributed by atoms with van der Waals surface area (Å²) in [7, 11) is 0. The highest BCUT2D eigenvalue weighted by molar-refractivity contribution is 6.33. The van der Waals surface area contributed by atoms with Gasteiger partial charge in [-0.1, -0.05) is 17.7 Å². The third-order valence-corrected chi connectivity index (χ3v) is 2.79. The summed E-state index contributed by atoms with van der Waals surface area (Å²) in [4.78, 5) is 7.89. The Kier molecular flexibility index (Phi) is 2.46. The fourth-order valence-electron chi connectivity index (χ4n) is 1.58. The summed E-state index contributed by atoms with van der Waals surface area (Å²) in [6.45, 7) is 0. The van der Waals surface area contributed by atoms with Crippen LogP contribution in [0.2, 0.25) is 10.3 Å². The monoisotopic (exact) mass is 264 g/mol. The van der Waals surface area contributed by atoms with Crippen molar-refractivity contribution in [3.05, 3.63) is 47.0 Å². The van der Waals surface area contributed by atoms with Crippen molar-refractivity contribution in [3.63, 3.8) is 0 Å². The number of fused-ring (bicyclic) bond motifs is 1. The van der Waals surface area contributed by atoms with Gasteiger partial charge < -0.3 is 0 Å². The first-order valence-electron chi connectivity index (χ1n) is 4.87. The van der Waals surface area contributed by atoms with Crippen molar-refractivity contribution in [2.75, 3.05) is 0 Å². The number of pyridine rings is 1. The molecule has 3 aromatic rings. The van der Waals surface area contributed by atoms with Crippen LogP contribution in [0.25, 0.3) is 16.9 Å². The van der Waals surface area contributed by atoms with Crippen LogP contribution in [0.3, 0.4) is 0 Å². The molecule has 0 saturated carbocycles. The average molecular weight is 265 g/mol. The van der Waals surface area contributed by atoms with Crippen molar-refractivity contribution >= 4 is 28.7 Å². The molecule has 0 bridgehead atoms. The maximum absolute atomic E-state index is 6.03. The summed E-state index contributed by atoms with van der Waals surface area (Å²) in [6, 6.07) is 7.69. The molecule has 0 aliphatic rings. The number of hydrogen-bond donors (Lipinski definition) is 0. The Labute approximate surface area is 107 Å². The minimum absolute atomic E-state index is 0.154. The molecule has 0 amide bonds. The maximum Gasteiger partial charge on any atom is 0.223 e. The highest BCUT2D eigenvalue weighted by Gasteiger charge is 2.11. The van der Waals surface area contributed by atoms with E-state index in [1.165, 1.54) is 6.20 Å². The molecule has 3 rings (SSSR count). The molecule has 84 valence electrons. The second-order valence-corrected chi connectivity index (χ2v) is 4.18. The molecule has 0 N–H and O–H groups in total. The van der Waals surface area contributed by atoms with E-state index in [0.717, 1.165) is 5.52 Å². The maximum atomic E-state index is 6.03. The minimum Gasteiger partial charge on any atom is -0.240 e. The number of rotatable bonds is 1. The van der Waals surface area contributed by atoms with Crippen LogP contribution in [0.5, 0.6) is 0 Å². The molecule has 0 aliphatic carbocycles. The second kappa shape index (κ2) is 3.98. The van der Waals surface area contributed by atoms with E-state index >= 15 is 0 Å². The lowest BCUT2D eigenvalue weighted by atomic mass is 10.3. The largest absolute Gasteiger partial charge is 0.240 e. The normalized spacial score (nSPS) is 10.9. The molecule has 0 saturated heterocycles. The molecule has 0 radical (unpaired) electrons. The van der Waals surface area contributed by atoms with Gasteiger partial charge in [0.1, 0.15) is 11.4 Å². The van der Waals surface area contributed by atoms with Gasteiger partial charge in [0.25, 0.3) is 0 Å². The molecule has 0 unspecified atom stereocenters. The average Bonchev–Trinajstić information content (AvgIpc) is 2.75. The number of aromatic nitrogens is 4. The summed E-state index contributed by atoms with van der Waals surface area (Å²) >= 11 is 11.8. The van der Waals surface area contributed by atoms with Crippen LogP contribution in [-0.2, 0) is 0 Å². The van der Waals surface area contributed by atoms with Gasteiger partial charge in [-0.15, -0.1) is 0 Å². The smallest absolute Gasteiger partial charge is 0.223 e. The highest BCUT2D eigenvalue weighted by atomic mass is 35.5. The Balaban J connectivity index is 2.23. The minimum atomic E-state index is 0.154. The van der Waals surface area contributed by atoms with Crippen molar-refractivity contribution in [2.24, 2.45) is 0 Å². The zero-order chi connectivity index (χ0) is 11.8. The van der Waals surface area contributed by atoms with Gasteiger partial charge in [0.15, 0.2) is 0 Å². The summed E-state index contributed by atoms with van der Waals surface area (Å²) in [6.07, 6.45) is 3.33. The molecule has 17 heavy (non-hydrogen) atoms. The van der Waals surface area contributed by atoms with Gasteiger partial charge in [-0.2, -0.15) is 5.10 Å². The topological polar surface area (TPSA) is 43.1 Å². The van der Waals surface area contributed by atoms with Gasteiger partial charge in [-0.05, 0) is 29.8 Å². The number of halogens is 2. The Morgan fingerprint density at radius 1 is 1.18 bits per heavy atom. The van der Waals surface area contributed by atoms with Gasteiger partial charge in [-0.3, -0.25) is 0 Å². The third-order valence-electron chi connectivity index (χ3n) is 2.33. The van der Waals surface area contributed by atoms with Gasteiger partial charge in [0.2, 0.25) is 5.28 Å². The summed E-state index contributed by atoms with van der Waals surface area (Å²) < 4.78 is 1.75. The second-order valence-electron chi connectivity index (χ2n) is 3.44. The predicted octanol–water partition coefficient (Wildman–Crippen LogP) is 3.10. The number of nitrogens with zero attached hydrogens (tertiary/aromatic N) is 4. The van der Waals surface area contributed by atoms with Crippen LogP contribution in [-0.4, -0.2) is 19.6 Å². The lowest BCUT2D eigenvalue weighted by molar-refractivity contribution is 0.960. The van der Waals surface area contributed by atoms with E-state index in [1.54, 1.807) is 4.52 Å². The van der Waals surface area contributed by atoms with E-state index in [2.05, 4.69) is 15.1 Å². The molecule has 0 atom stereocenters. The van der Waals surface area contributed by atoms with Crippen molar-refractivity contribution in [1.29, 1.82) is 0 Å². The third kappa shape index (κ3) is 1.85. The van der Waals surface area contributed by atoms with Crippen LogP contribution in [0.4, 0.5) is 0 Å². The van der Waals surface area contributed by atoms with E-state index in [-0.39, 0.29) is 5.28 Å². The van der Waals surface area contributed by atoms with E-state index in [9.17, 15) is 0 Å². The van der Waals surface area contributed by atoms with E-state index in [0.29, 0.717) is 16.4 Å². The van der Waals surface area contributed by atoms with Crippen LogP contribution >= 0.6 is 23.2 Å². The fraction of sp³-hybridized carbons (Fsp3) is 0. The van der Waals surface area contributed by atoms with Gasteiger partial charge in [-0.25, -0.2) is 14.5 Å². The molecule has 0 spiro atoms. The predicted molar refractivity (Wildman–Crippen MR) is 66.2 cm³/mol. The van der Waals surface area contributed by atoms with Crippen molar-refractivity contribution in [1.82, 2.24) is 19.6 Å². The van der Waals surface area contributed by atoms with Gasteiger partial charge >= 0.3 is 0 Å². The zero-order valence-corrected chi connectivity index (χ0v) is 10.0. The summed E-state index contributed by atoms with van der Waals surface area (Å²) in [5.74, 6) is 0. The SMILES string of the molecule is Clc1ncc(Cl)c(-c2cc3ccccn3n2)n1. The fourth-order valence-corrected chi connectivity index (χ4v) is 1.90. The Hall–Kier alpha value is -1.65. The highest BCUT2D eigenvalue weighted by Crippen LogP contribution is 2.25. The van der Waals surface area contributed by atoms with Crippen LogP contribution in [0.1, 0.15) is 0 Å². The first kappa shape index (κ1) is 10.5. The van der Waals surface area contributed by atoms with Crippen LogP contribution in [0.15, 0.2) is 36.7 Å². The molecule has 3 heterocycles. The Morgan fingerprint density at radius 2 is 2.06 bits per heavy atom. The number of hydrogen-bond acceptors (Lipinski definition) is 3. The van der Waals surface area contributed by atoms with Crippen molar-refractivity contribution in [3.8, 4) is 11.4 Å². The zero-order valence-electron chi connectivity index (χ0n) is 8.51. The van der Waals surface area contributed by atoms with E-state index in [4.69, 9.17) is 23.2 Å². The lowest BCUT2D eigenvalue weighted by Gasteiger charge is -1.98. The van der Waals surface area contributed by atoms with Crippen LogP contribution in [0, 0.1) is 0 Å². The molecular weight excluding hydrogens is 259 g/mol. The quantitative estimate of drug-likeness (QED) is 0.635. The summed E-state index contributed by atoms with van der Waals surface area (Å²) in [5, 5.41) is 4.95. The first-order chi connectivity index (χ1) is 8.24. The molecule has 0 fully saturated rings. The van der Waals surface area contributed by atoms with E-state index in [1.807, 2.05) is 30.5 Å². The standard InChI is InChI=1S/C11H6Cl2N4/c12-8-6-14-11(13)15-10(8)9-5-7-3-1-2-4-17(7)16-9/h1-6H. The Morgan fingerprint density at radius 3 is 2.88 bits per heavy atom. The summed E-state index contributed by atoms with van der Waals surface area (Å²) in [5.41, 5.74) is 2.18. The first-order valence-corrected chi connectivity index (χ1v) is 5.62.